The van der Waals surface area contributed by atoms with E-state index in [1.807, 2.05) is 6.07 Å². The first-order chi connectivity index (χ1) is 5.18. The van der Waals surface area contributed by atoms with Gasteiger partial charge in [-0.1, -0.05) is 0 Å². The molecular formula is C10H11W-. The number of hydrogen-bond donors (Lipinski definition) is 0. The molecule has 0 amide bonds. The minimum atomic E-state index is 1.09. The molecule has 0 aliphatic heterocycles. The number of hydrogen-bond acceptors (Lipinski definition) is 0. The van der Waals surface area contributed by atoms with Gasteiger partial charge in [-0.2, -0.15) is 0 Å². The molecule has 11 heavy (non-hydrogen) atoms. The molecule has 0 nitrogen and oxygen atoms in total. The Morgan fingerprint density at radius 2 is 2.27 bits per heavy atom. The van der Waals surface area contributed by atoms with Crippen LogP contribution < -0.4 is 0 Å². The molecule has 0 aliphatic rings. The van der Waals surface area contributed by atoms with Crippen molar-refractivity contribution in [3.8, 4) is 0 Å². The predicted molar refractivity (Wildman–Crippen MR) is 44.4 cm³/mol. The fourth-order valence-corrected chi connectivity index (χ4v) is 1.47. The molecule has 1 rings (SSSR count). The van der Waals surface area contributed by atoms with Crippen LogP contribution in [0.3, 0.4) is 0 Å². The SMILES string of the molecule is C[C](=[W])Cc1[c-]cc(C)cc1. The minimum absolute atomic E-state index is 1.09. The van der Waals surface area contributed by atoms with Crippen LogP contribution in [0.2, 0.25) is 0 Å². The van der Waals surface area contributed by atoms with E-state index >= 15 is 0 Å². The van der Waals surface area contributed by atoms with Crippen molar-refractivity contribution in [2.45, 2.75) is 20.3 Å². The Bertz CT molecular complexity index is 246. The molecule has 0 radical (unpaired) electrons. The van der Waals surface area contributed by atoms with Gasteiger partial charge in [0.15, 0.2) is 0 Å². The molecule has 0 aromatic heterocycles. The summed E-state index contributed by atoms with van der Waals surface area (Å²) < 4.78 is 1.52. The monoisotopic (exact) mass is 315 g/mol. The molecule has 1 heteroatoms. The molecule has 58 valence electrons. The van der Waals surface area contributed by atoms with Crippen LogP contribution in [0.25, 0.3) is 0 Å². The van der Waals surface area contributed by atoms with Crippen LogP contribution in [-0.2, 0) is 25.8 Å². The Morgan fingerprint density at radius 1 is 1.55 bits per heavy atom. The summed E-state index contributed by atoms with van der Waals surface area (Å²) in [5, 5.41) is 0. The first-order valence-corrected chi connectivity index (χ1v) is 5.12. The van der Waals surface area contributed by atoms with E-state index in [4.69, 9.17) is 0 Å². The van der Waals surface area contributed by atoms with Crippen LogP contribution in [0.15, 0.2) is 18.2 Å². The van der Waals surface area contributed by atoms with Gasteiger partial charge in [-0.25, -0.2) is 0 Å². The zero-order valence-electron chi connectivity index (χ0n) is 6.85. The van der Waals surface area contributed by atoms with E-state index in [-0.39, 0.29) is 0 Å². The second kappa shape index (κ2) is 3.97. The van der Waals surface area contributed by atoms with Crippen molar-refractivity contribution in [2.24, 2.45) is 0 Å². The molecule has 1 aromatic carbocycles. The van der Waals surface area contributed by atoms with Gasteiger partial charge in [0.1, 0.15) is 0 Å². The van der Waals surface area contributed by atoms with Gasteiger partial charge < -0.3 is 0 Å². The van der Waals surface area contributed by atoms with Gasteiger partial charge in [0.2, 0.25) is 0 Å². The zero-order chi connectivity index (χ0) is 8.27. The van der Waals surface area contributed by atoms with Crippen molar-refractivity contribution < 1.29 is 19.4 Å². The van der Waals surface area contributed by atoms with E-state index < -0.39 is 0 Å². The van der Waals surface area contributed by atoms with Gasteiger partial charge in [-0.3, -0.25) is 0 Å². The summed E-state index contributed by atoms with van der Waals surface area (Å²) in [6, 6.07) is 9.61. The molecular weight excluding hydrogens is 304 g/mol. The summed E-state index contributed by atoms with van der Waals surface area (Å²) in [5.74, 6) is 0. The third-order valence-corrected chi connectivity index (χ3v) is 1.99. The summed E-state index contributed by atoms with van der Waals surface area (Å²) in [5.41, 5.74) is 2.60. The molecule has 0 bridgehead atoms. The fourth-order valence-electron chi connectivity index (χ4n) is 0.913. The van der Waals surface area contributed by atoms with Crippen LogP contribution >= 0.6 is 0 Å². The molecule has 0 saturated heterocycles. The third-order valence-electron chi connectivity index (χ3n) is 1.47. The van der Waals surface area contributed by atoms with Crippen molar-refractivity contribution in [3.63, 3.8) is 0 Å². The van der Waals surface area contributed by atoms with Gasteiger partial charge >= 0.3 is 78.9 Å². The Kier molecular flexibility index (Phi) is 3.20. The zero-order valence-corrected chi connectivity index (χ0v) is 9.78. The summed E-state index contributed by atoms with van der Waals surface area (Å²) in [4.78, 5) is 0. The molecule has 0 spiro atoms. The van der Waals surface area contributed by atoms with Gasteiger partial charge in [0.05, 0.1) is 0 Å². The molecule has 0 heterocycles. The summed E-state index contributed by atoms with van der Waals surface area (Å²) in [6.07, 6.45) is 1.09. The van der Waals surface area contributed by atoms with Crippen LogP contribution in [0, 0.1) is 13.0 Å². The van der Waals surface area contributed by atoms with Gasteiger partial charge in [-0.15, -0.1) is 0 Å². The third kappa shape index (κ3) is 3.12. The maximum absolute atomic E-state index is 3.26. The molecule has 0 atom stereocenters. The Hall–Kier alpha value is -0.222. The number of benzene rings is 1. The van der Waals surface area contributed by atoms with Crippen molar-refractivity contribution in [3.05, 3.63) is 35.4 Å². The second-order valence-corrected chi connectivity index (χ2v) is 5.27. The molecule has 1 aromatic rings. The van der Waals surface area contributed by atoms with Gasteiger partial charge in [-0.05, 0) is 0 Å². The molecule has 0 unspecified atom stereocenters. The topological polar surface area (TPSA) is 0 Å². The van der Waals surface area contributed by atoms with Crippen LogP contribution in [0.4, 0.5) is 0 Å². The average molecular weight is 315 g/mol. The summed E-state index contributed by atoms with van der Waals surface area (Å²) in [6.45, 7) is 4.27. The Labute approximate surface area is 79.0 Å². The van der Waals surface area contributed by atoms with E-state index in [2.05, 4.69) is 32.0 Å². The van der Waals surface area contributed by atoms with E-state index in [9.17, 15) is 0 Å². The Balaban J connectivity index is 2.74. The molecule has 0 fully saturated rings. The number of aryl methyl sites for hydroxylation is 1. The predicted octanol–water partition coefficient (Wildman–Crippen LogP) is 2.08. The normalized spacial score (nSPS) is 9.64. The van der Waals surface area contributed by atoms with Crippen LogP contribution in [0.5, 0.6) is 0 Å². The van der Waals surface area contributed by atoms with E-state index in [0.717, 1.165) is 6.42 Å². The standard InChI is InChI=1S/C10H11.W/c1-3-4-10-7-5-9(2)6-8-10;/h5-7H,4H2,1-2H3;/q-1;. The Morgan fingerprint density at radius 3 is 2.73 bits per heavy atom. The summed E-state index contributed by atoms with van der Waals surface area (Å²) >= 11 is 1.58. The molecule has 0 N–H and O–H groups in total. The van der Waals surface area contributed by atoms with Crippen molar-refractivity contribution >= 4 is 3.90 Å². The van der Waals surface area contributed by atoms with Gasteiger partial charge in [0, 0.05) is 0 Å². The van der Waals surface area contributed by atoms with Crippen LogP contribution in [-0.4, -0.2) is 3.90 Å². The first kappa shape index (κ1) is 8.87. The van der Waals surface area contributed by atoms with Crippen molar-refractivity contribution in [2.75, 3.05) is 0 Å². The summed E-state index contributed by atoms with van der Waals surface area (Å²) in [7, 11) is 0. The van der Waals surface area contributed by atoms with Crippen LogP contribution in [0.1, 0.15) is 18.1 Å². The van der Waals surface area contributed by atoms with E-state index in [1.54, 1.807) is 19.4 Å². The van der Waals surface area contributed by atoms with Crippen molar-refractivity contribution in [1.82, 2.24) is 0 Å². The quantitative estimate of drug-likeness (QED) is 0.733. The second-order valence-electron chi connectivity index (χ2n) is 2.77. The van der Waals surface area contributed by atoms with Gasteiger partial charge in [0.25, 0.3) is 0 Å². The maximum atomic E-state index is 3.26. The number of rotatable bonds is 2. The van der Waals surface area contributed by atoms with E-state index in [0.29, 0.717) is 0 Å². The average Bonchev–Trinajstić information content (AvgIpc) is 1.93. The van der Waals surface area contributed by atoms with E-state index in [1.165, 1.54) is 15.0 Å². The first-order valence-electron chi connectivity index (χ1n) is 3.65. The molecule has 0 saturated carbocycles. The van der Waals surface area contributed by atoms with Crippen molar-refractivity contribution in [1.29, 1.82) is 0 Å². The fraction of sp³-hybridized carbons (Fsp3) is 0.300. The molecule has 0 aliphatic carbocycles.